The van der Waals surface area contributed by atoms with Crippen LogP contribution in [0.4, 0.5) is 0 Å². The van der Waals surface area contributed by atoms with Crippen LogP contribution in [0.3, 0.4) is 0 Å². The number of hydrogen-bond acceptors (Lipinski definition) is 2. The number of amides is 1. The van der Waals surface area contributed by atoms with E-state index in [1.165, 1.54) is 11.0 Å². The Balaban J connectivity index is 2.01. The number of pyridine rings is 1. The van der Waals surface area contributed by atoms with Crippen LogP contribution in [0.1, 0.15) is 42.6 Å². The lowest BCUT2D eigenvalue weighted by atomic mass is 9.95. The lowest BCUT2D eigenvalue weighted by molar-refractivity contribution is 0.0918. The van der Waals surface area contributed by atoms with Gasteiger partial charge in [0.05, 0.1) is 6.54 Å². The second-order valence-electron chi connectivity index (χ2n) is 6.02. The molecular formula is C19H20N2O2. The van der Waals surface area contributed by atoms with Crippen molar-refractivity contribution in [1.82, 2.24) is 9.88 Å². The molecule has 1 saturated carbocycles. The second kappa shape index (κ2) is 6.70. The molecule has 118 valence electrons. The molecule has 0 aliphatic heterocycles. The maximum absolute atomic E-state index is 12.7. The highest BCUT2D eigenvalue weighted by Gasteiger charge is 2.20. The predicted octanol–water partition coefficient (Wildman–Crippen LogP) is 2.70. The van der Waals surface area contributed by atoms with Gasteiger partial charge in [0.2, 0.25) is 0 Å². The van der Waals surface area contributed by atoms with E-state index in [1.54, 1.807) is 12.1 Å². The van der Waals surface area contributed by atoms with E-state index in [0.29, 0.717) is 11.1 Å². The molecule has 1 heterocycles. The Bertz CT molecular complexity index is 823. The van der Waals surface area contributed by atoms with Gasteiger partial charge in [-0.25, -0.2) is 0 Å². The third kappa shape index (κ3) is 3.14. The number of aromatic nitrogens is 1. The van der Waals surface area contributed by atoms with Crippen molar-refractivity contribution in [3.63, 3.8) is 0 Å². The van der Waals surface area contributed by atoms with E-state index in [2.05, 4.69) is 11.2 Å². The fourth-order valence-electron chi connectivity index (χ4n) is 3.24. The number of nitrogens with one attached hydrogen (secondary N) is 1. The van der Waals surface area contributed by atoms with Crippen molar-refractivity contribution < 1.29 is 4.79 Å². The topological polar surface area (TPSA) is 51.1 Å². The highest BCUT2D eigenvalue weighted by molar-refractivity contribution is 5.96. The van der Waals surface area contributed by atoms with Gasteiger partial charge in [0.25, 0.3) is 11.5 Å². The van der Waals surface area contributed by atoms with E-state index in [1.807, 2.05) is 18.2 Å². The van der Waals surface area contributed by atoms with Crippen molar-refractivity contribution in [3.8, 4) is 12.3 Å². The quantitative estimate of drug-likeness (QED) is 0.886. The van der Waals surface area contributed by atoms with E-state index >= 15 is 0 Å². The van der Waals surface area contributed by atoms with Gasteiger partial charge < -0.3 is 5.32 Å². The Morgan fingerprint density at radius 2 is 2.00 bits per heavy atom. The van der Waals surface area contributed by atoms with Gasteiger partial charge in [-0.2, -0.15) is 0 Å². The molecule has 1 aliphatic rings. The summed E-state index contributed by atoms with van der Waals surface area (Å²) in [6, 6.07) is 9.22. The summed E-state index contributed by atoms with van der Waals surface area (Å²) in [5.41, 5.74) is 0.132. The molecule has 4 nitrogen and oxygen atoms in total. The summed E-state index contributed by atoms with van der Waals surface area (Å²) in [5.74, 6) is 2.26. The molecule has 0 radical (unpaired) electrons. The van der Waals surface area contributed by atoms with Crippen LogP contribution >= 0.6 is 0 Å². The van der Waals surface area contributed by atoms with Crippen molar-refractivity contribution >= 4 is 16.7 Å². The van der Waals surface area contributed by atoms with Crippen LogP contribution in [-0.2, 0) is 6.54 Å². The molecule has 1 N–H and O–H groups in total. The van der Waals surface area contributed by atoms with Gasteiger partial charge in [0.1, 0.15) is 5.69 Å². The number of carbonyl (C=O) groups is 1. The summed E-state index contributed by atoms with van der Waals surface area (Å²) < 4.78 is 1.39. The van der Waals surface area contributed by atoms with Gasteiger partial charge in [-0.05, 0) is 30.4 Å². The molecule has 0 saturated heterocycles. The first kappa shape index (κ1) is 15.4. The highest BCUT2D eigenvalue weighted by Crippen LogP contribution is 2.18. The van der Waals surface area contributed by atoms with Crippen molar-refractivity contribution in [1.29, 1.82) is 0 Å². The molecule has 23 heavy (non-hydrogen) atoms. The lowest BCUT2D eigenvalue weighted by Crippen LogP contribution is -2.39. The summed E-state index contributed by atoms with van der Waals surface area (Å²) >= 11 is 0. The number of carbonyl (C=O) groups excluding carboxylic acids is 1. The Hall–Kier alpha value is -2.54. The Morgan fingerprint density at radius 3 is 2.74 bits per heavy atom. The van der Waals surface area contributed by atoms with Crippen LogP contribution < -0.4 is 10.9 Å². The Morgan fingerprint density at radius 1 is 1.26 bits per heavy atom. The number of fused-ring (bicyclic) bond motifs is 1. The van der Waals surface area contributed by atoms with E-state index in [9.17, 15) is 9.59 Å². The highest BCUT2D eigenvalue weighted by atomic mass is 16.2. The monoisotopic (exact) mass is 308 g/mol. The summed E-state index contributed by atoms with van der Waals surface area (Å²) in [6.45, 7) is 0.0943. The number of rotatable bonds is 3. The number of nitrogens with zero attached hydrogens (tertiary/aromatic N) is 1. The van der Waals surface area contributed by atoms with Crippen LogP contribution in [-0.4, -0.2) is 16.5 Å². The summed E-state index contributed by atoms with van der Waals surface area (Å²) in [4.78, 5) is 25.3. The van der Waals surface area contributed by atoms with Crippen LogP contribution in [0.5, 0.6) is 0 Å². The first-order chi connectivity index (χ1) is 11.2. The van der Waals surface area contributed by atoms with Gasteiger partial charge >= 0.3 is 0 Å². The molecule has 2 aromatic rings. The minimum atomic E-state index is -0.213. The first-order valence-corrected chi connectivity index (χ1v) is 8.07. The molecule has 1 aromatic heterocycles. The zero-order chi connectivity index (χ0) is 16.2. The van der Waals surface area contributed by atoms with Crippen molar-refractivity contribution in [3.05, 3.63) is 46.4 Å². The molecule has 1 aliphatic carbocycles. The van der Waals surface area contributed by atoms with Crippen LogP contribution in [0.15, 0.2) is 35.1 Å². The average Bonchev–Trinajstić information content (AvgIpc) is 2.58. The lowest BCUT2D eigenvalue weighted by Gasteiger charge is -2.23. The van der Waals surface area contributed by atoms with Crippen molar-refractivity contribution in [2.75, 3.05) is 0 Å². The molecule has 1 amide bonds. The fourth-order valence-corrected chi connectivity index (χ4v) is 3.24. The standard InChI is InChI=1S/C19H20N2O2/c1-2-12-21-17(18(22)20-15-9-4-3-5-10-15)13-14-8-6-7-11-16(14)19(21)23/h1,6-8,11,13,15H,3-5,9-10,12H2,(H,20,22). The summed E-state index contributed by atoms with van der Waals surface area (Å²) in [6.07, 6.45) is 10.9. The van der Waals surface area contributed by atoms with E-state index in [-0.39, 0.29) is 24.1 Å². The van der Waals surface area contributed by atoms with Crippen molar-refractivity contribution in [2.45, 2.75) is 44.7 Å². The van der Waals surface area contributed by atoms with Crippen LogP contribution in [0, 0.1) is 12.3 Å². The number of hydrogen-bond donors (Lipinski definition) is 1. The minimum absolute atomic E-state index is 0.0943. The van der Waals surface area contributed by atoms with Gasteiger partial charge in [0, 0.05) is 11.4 Å². The molecule has 1 fully saturated rings. The third-order valence-electron chi connectivity index (χ3n) is 4.44. The van der Waals surface area contributed by atoms with Crippen LogP contribution in [0.2, 0.25) is 0 Å². The zero-order valence-electron chi connectivity index (χ0n) is 13.0. The fraction of sp³-hybridized carbons (Fsp3) is 0.368. The molecular weight excluding hydrogens is 288 g/mol. The smallest absolute Gasteiger partial charge is 0.268 e. The van der Waals surface area contributed by atoms with E-state index < -0.39 is 0 Å². The number of terminal acetylenes is 1. The maximum atomic E-state index is 12.7. The minimum Gasteiger partial charge on any atom is -0.348 e. The van der Waals surface area contributed by atoms with Crippen molar-refractivity contribution in [2.24, 2.45) is 0 Å². The molecule has 0 atom stereocenters. The Kier molecular flexibility index (Phi) is 4.47. The van der Waals surface area contributed by atoms with E-state index in [0.717, 1.165) is 31.1 Å². The van der Waals surface area contributed by atoms with Gasteiger partial charge in [-0.1, -0.05) is 43.4 Å². The third-order valence-corrected chi connectivity index (χ3v) is 4.44. The molecule has 3 rings (SSSR count). The number of benzene rings is 1. The van der Waals surface area contributed by atoms with Crippen LogP contribution in [0.25, 0.3) is 10.8 Å². The molecule has 0 bridgehead atoms. The predicted molar refractivity (Wildman–Crippen MR) is 91.4 cm³/mol. The molecule has 0 unspecified atom stereocenters. The van der Waals surface area contributed by atoms with Gasteiger partial charge in [-0.3, -0.25) is 14.2 Å². The average molecular weight is 308 g/mol. The normalized spacial score (nSPS) is 15.3. The first-order valence-electron chi connectivity index (χ1n) is 8.07. The van der Waals surface area contributed by atoms with Gasteiger partial charge in [0.15, 0.2) is 0 Å². The molecule has 4 heteroatoms. The Labute approximate surface area is 135 Å². The summed E-state index contributed by atoms with van der Waals surface area (Å²) in [5, 5.41) is 4.40. The van der Waals surface area contributed by atoms with E-state index in [4.69, 9.17) is 6.42 Å². The maximum Gasteiger partial charge on any atom is 0.268 e. The zero-order valence-corrected chi connectivity index (χ0v) is 13.0. The second-order valence-corrected chi connectivity index (χ2v) is 6.02. The molecule has 1 aromatic carbocycles. The molecule has 0 spiro atoms. The summed E-state index contributed by atoms with van der Waals surface area (Å²) in [7, 11) is 0. The van der Waals surface area contributed by atoms with Gasteiger partial charge in [-0.15, -0.1) is 6.42 Å². The largest absolute Gasteiger partial charge is 0.348 e. The SMILES string of the molecule is C#CCn1c(C(=O)NC2CCCCC2)cc2ccccc2c1=O.